The number of carbonyl (C=O) groups excluding carboxylic acids is 3. The smallest absolute Gasteiger partial charge is 0.336 e. The SMILES string of the molecule is CCSCCOC(=O)C1=C(C)NC2=C(C(=O)[C@H](C(=O)OC)[C@@H](C)C2)[C@H]1c1cccc2ccccc12. The fourth-order valence-corrected chi connectivity index (χ4v) is 5.67. The zero-order valence-electron chi connectivity index (χ0n) is 20.6. The lowest BCUT2D eigenvalue weighted by Gasteiger charge is -2.38. The van der Waals surface area contributed by atoms with Crippen LogP contribution in [0.1, 0.15) is 38.7 Å². The molecule has 0 unspecified atom stereocenters. The highest BCUT2D eigenvalue weighted by molar-refractivity contribution is 7.99. The summed E-state index contributed by atoms with van der Waals surface area (Å²) in [6.07, 6.45) is 0.509. The molecule has 1 heterocycles. The summed E-state index contributed by atoms with van der Waals surface area (Å²) in [5.74, 6) is -1.41. The molecule has 0 aromatic heterocycles. The molecule has 3 atom stereocenters. The summed E-state index contributed by atoms with van der Waals surface area (Å²) in [5, 5.41) is 5.28. The highest BCUT2D eigenvalue weighted by Crippen LogP contribution is 2.46. The molecule has 184 valence electrons. The Morgan fingerprint density at radius 1 is 1.14 bits per heavy atom. The largest absolute Gasteiger partial charge is 0.468 e. The molecule has 0 fully saturated rings. The van der Waals surface area contributed by atoms with Crippen LogP contribution in [0.5, 0.6) is 0 Å². The number of Topliss-reactive ketones (excluding diaryl/α,β-unsaturated/α-hetero) is 1. The molecular weight excluding hydrogens is 462 g/mol. The van der Waals surface area contributed by atoms with Crippen LogP contribution < -0.4 is 5.32 Å². The molecule has 2 aromatic carbocycles. The van der Waals surface area contributed by atoms with Crippen LogP contribution >= 0.6 is 11.8 Å². The van der Waals surface area contributed by atoms with Gasteiger partial charge in [0.25, 0.3) is 0 Å². The molecule has 0 saturated carbocycles. The van der Waals surface area contributed by atoms with Gasteiger partial charge in [0.2, 0.25) is 0 Å². The molecule has 2 aliphatic rings. The second kappa shape index (κ2) is 10.7. The predicted octanol–water partition coefficient (Wildman–Crippen LogP) is 4.75. The fourth-order valence-electron chi connectivity index (χ4n) is 5.18. The van der Waals surface area contributed by atoms with E-state index in [0.717, 1.165) is 27.8 Å². The lowest BCUT2D eigenvalue weighted by molar-refractivity contribution is -0.151. The molecule has 0 radical (unpaired) electrons. The quantitative estimate of drug-likeness (QED) is 0.339. The minimum atomic E-state index is -0.908. The van der Waals surface area contributed by atoms with Gasteiger partial charge in [-0.05, 0) is 41.4 Å². The first kappa shape index (κ1) is 25.0. The van der Waals surface area contributed by atoms with Crippen molar-refractivity contribution in [2.75, 3.05) is 25.2 Å². The number of benzene rings is 2. The lowest BCUT2D eigenvalue weighted by atomic mass is 9.68. The van der Waals surface area contributed by atoms with Crippen molar-refractivity contribution >= 4 is 40.3 Å². The van der Waals surface area contributed by atoms with Crippen LogP contribution in [0, 0.1) is 11.8 Å². The number of esters is 2. The highest BCUT2D eigenvalue weighted by atomic mass is 32.2. The normalized spacial score (nSPS) is 22.1. The van der Waals surface area contributed by atoms with E-state index in [4.69, 9.17) is 9.47 Å². The van der Waals surface area contributed by atoms with Crippen LogP contribution in [-0.2, 0) is 23.9 Å². The Hall–Kier alpha value is -3.06. The van der Waals surface area contributed by atoms with E-state index in [9.17, 15) is 14.4 Å². The third kappa shape index (κ3) is 4.74. The number of rotatable bonds is 7. The maximum Gasteiger partial charge on any atom is 0.336 e. The molecule has 1 aliphatic heterocycles. The summed E-state index contributed by atoms with van der Waals surface area (Å²) < 4.78 is 10.7. The number of methoxy groups -OCH3 is 1. The first-order chi connectivity index (χ1) is 16.9. The van der Waals surface area contributed by atoms with E-state index in [2.05, 4.69) is 12.2 Å². The number of hydrogen-bond acceptors (Lipinski definition) is 7. The van der Waals surface area contributed by atoms with Crippen LogP contribution in [-0.4, -0.2) is 42.9 Å². The van der Waals surface area contributed by atoms with Crippen molar-refractivity contribution < 1.29 is 23.9 Å². The van der Waals surface area contributed by atoms with Crippen molar-refractivity contribution in [1.29, 1.82) is 0 Å². The second-order valence-corrected chi connectivity index (χ2v) is 10.3. The number of nitrogens with one attached hydrogen (secondary N) is 1. The van der Waals surface area contributed by atoms with Crippen LogP contribution in [0.2, 0.25) is 0 Å². The van der Waals surface area contributed by atoms with E-state index in [0.29, 0.717) is 29.0 Å². The van der Waals surface area contributed by atoms with Crippen LogP contribution in [0.3, 0.4) is 0 Å². The molecule has 0 amide bonds. The first-order valence-electron chi connectivity index (χ1n) is 11.9. The number of fused-ring (bicyclic) bond motifs is 1. The Balaban J connectivity index is 1.87. The third-order valence-corrected chi connectivity index (χ3v) is 7.63. The number of carbonyl (C=O) groups is 3. The number of ether oxygens (including phenoxy) is 2. The number of thioether (sulfide) groups is 1. The Morgan fingerprint density at radius 3 is 2.63 bits per heavy atom. The standard InChI is InChI=1S/C28H31NO5S/c1-5-35-14-13-34-28(32)23-17(3)29-21-15-16(2)22(27(31)33-4)26(30)25(21)24(23)20-12-8-10-18-9-6-7-11-19(18)20/h6-12,16,22,24,29H,5,13-15H2,1-4H3/t16-,22+,24-/m0/s1. The molecule has 6 nitrogen and oxygen atoms in total. The third-order valence-electron chi connectivity index (χ3n) is 6.76. The average Bonchev–Trinajstić information content (AvgIpc) is 2.85. The van der Waals surface area contributed by atoms with E-state index in [-0.39, 0.29) is 18.3 Å². The van der Waals surface area contributed by atoms with E-state index < -0.39 is 23.8 Å². The van der Waals surface area contributed by atoms with Crippen LogP contribution in [0.25, 0.3) is 10.8 Å². The maximum atomic E-state index is 13.9. The topological polar surface area (TPSA) is 81.7 Å². The minimum Gasteiger partial charge on any atom is -0.468 e. The van der Waals surface area contributed by atoms with Gasteiger partial charge in [-0.2, -0.15) is 11.8 Å². The summed E-state index contributed by atoms with van der Waals surface area (Å²) in [6.45, 7) is 6.08. The van der Waals surface area contributed by atoms with Gasteiger partial charge in [-0.1, -0.05) is 56.3 Å². The average molecular weight is 494 g/mol. The van der Waals surface area contributed by atoms with Crippen molar-refractivity contribution in [2.45, 2.75) is 33.1 Å². The predicted molar refractivity (Wildman–Crippen MR) is 138 cm³/mol. The Bertz CT molecular complexity index is 1230. The molecular formula is C28H31NO5S. The summed E-state index contributed by atoms with van der Waals surface area (Å²) in [7, 11) is 1.30. The van der Waals surface area contributed by atoms with Crippen molar-refractivity contribution in [3.63, 3.8) is 0 Å². The molecule has 0 saturated heterocycles. The van der Waals surface area contributed by atoms with E-state index in [1.165, 1.54) is 7.11 Å². The van der Waals surface area contributed by atoms with Gasteiger partial charge in [0.05, 0.1) is 12.7 Å². The van der Waals surface area contributed by atoms with E-state index >= 15 is 0 Å². The van der Waals surface area contributed by atoms with Crippen LogP contribution in [0.15, 0.2) is 65.0 Å². The zero-order valence-corrected chi connectivity index (χ0v) is 21.4. The highest BCUT2D eigenvalue weighted by Gasteiger charge is 2.47. The molecule has 7 heteroatoms. The van der Waals surface area contributed by atoms with Crippen molar-refractivity contribution in [2.24, 2.45) is 11.8 Å². The number of hydrogen-bond donors (Lipinski definition) is 1. The molecule has 0 spiro atoms. The molecule has 0 bridgehead atoms. The number of ketones is 1. The van der Waals surface area contributed by atoms with E-state index in [1.807, 2.05) is 56.3 Å². The van der Waals surface area contributed by atoms with Crippen molar-refractivity contribution in [3.05, 3.63) is 70.6 Å². The number of dihydropyridines is 1. The summed E-state index contributed by atoms with van der Waals surface area (Å²) >= 11 is 1.70. The lowest BCUT2D eigenvalue weighted by Crippen LogP contribution is -2.43. The zero-order chi connectivity index (χ0) is 25.1. The van der Waals surface area contributed by atoms with Gasteiger partial charge in [0.1, 0.15) is 12.5 Å². The van der Waals surface area contributed by atoms with E-state index in [1.54, 1.807) is 11.8 Å². The summed E-state index contributed by atoms with van der Waals surface area (Å²) in [5.41, 5.74) is 3.14. The van der Waals surface area contributed by atoms with Crippen molar-refractivity contribution in [1.82, 2.24) is 5.32 Å². The molecule has 1 N–H and O–H groups in total. The van der Waals surface area contributed by atoms with Crippen molar-refractivity contribution in [3.8, 4) is 0 Å². The maximum absolute atomic E-state index is 13.9. The Labute approximate surface area is 210 Å². The van der Waals surface area contributed by atoms with Gasteiger partial charge in [0.15, 0.2) is 5.78 Å². The summed E-state index contributed by atoms with van der Waals surface area (Å²) in [6, 6.07) is 13.8. The Morgan fingerprint density at radius 2 is 1.89 bits per heavy atom. The molecule has 4 rings (SSSR count). The van der Waals surface area contributed by atoms with Gasteiger partial charge in [0, 0.05) is 28.6 Å². The first-order valence-corrected chi connectivity index (χ1v) is 13.1. The van der Waals surface area contributed by atoms with Crippen LogP contribution in [0.4, 0.5) is 0 Å². The Kier molecular flexibility index (Phi) is 7.65. The molecule has 1 aliphatic carbocycles. The number of allylic oxidation sites excluding steroid dienone is 3. The minimum absolute atomic E-state index is 0.221. The fraction of sp³-hybridized carbons (Fsp3) is 0.393. The van der Waals surface area contributed by atoms with Gasteiger partial charge in [-0.15, -0.1) is 0 Å². The molecule has 35 heavy (non-hydrogen) atoms. The van der Waals surface area contributed by atoms with Gasteiger partial charge >= 0.3 is 11.9 Å². The van der Waals surface area contributed by atoms with Gasteiger partial charge in [-0.25, -0.2) is 4.79 Å². The van der Waals surface area contributed by atoms with Gasteiger partial charge in [-0.3, -0.25) is 9.59 Å². The molecule has 2 aromatic rings. The monoisotopic (exact) mass is 493 g/mol. The second-order valence-electron chi connectivity index (χ2n) is 8.94. The van der Waals surface area contributed by atoms with Gasteiger partial charge < -0.3 is 14.8 Å². The summed E-state index contributed by atoms with van der Waals surface area (Å²) in [4.78, 5) is 39.9.